The molecule has 0 spiro atoms. The van der Waals surface area contributed by atoms with E-state index in [4.69, 9.17) is 4.84 Å². The van der Waals surface area contributed by atoms with Crippen LogP contribution in [0.4, 0.5) is 5.69 Å². The fourth-order valence-electron chi connectivity index (χ4n) is 3.96. The molecule has 6 heteroatoms. The van der Waals surface area contributed by atoms with Crippen molar-refractivity contribution in [1.29, 1.82) is 0 Å². The second kappa shape index (κ2) is 7.60. The molecule has 146 valence electrons. The van der Waals surface area contributed by atoms with Crippen LogP contribution in [0.2, 0.25) is 0 Å². The molecule has 2 heterocycles. The first-order chi connectivity index (χ1) is 13.5. The maximum atomic E-state index is 13.2. The molecular formula is C22H24N2O3S. The molecule has 2 saturated heterocycles. The van der Waals surface area contributed by atoms with Crippen LogP contribution >= 0.6 is 11.8 Å². The topological polar surface area (TPSA) is 49.9 Å². The number of benzene rings is 2. The molecule has 2 amide bonds. The van der Waals surface area contributed by atoms with Crippen LogP contribution in [0, 0.1) is 11.8 Å². The van der Waals surface area contributed by atoms with E-state index in [1.807, 2.05) is 74.7 Å². The second-order valence-corrected chi connectivity index (χ2v) is 8.49. The monoisotopic (exact) mass is 396 g/mol. The number of para-hydroxylation sites is 1. The number of fused-ring (bicyclic) bond motifs is 1. The van der Waals surface area contributed by atoms with Gasteiger partial charge in [0.2, 0.25) is 5.91 Å². The number of amides is 2. The van der Waals surface area contributed by atoms with E-state index in [1.165, 1.54) is 4.90 Å². The standard InChI is InChI=1S/C22H24N2O3S/c1-14(2)13-23-21(25)18-19(15-9-11-17(28-3)12-10-15)24(27-20(18)22(23)26)16-7-5-4-6-8-16/h4-12,14,18-20H,13H2,1-3H3/t18-,19-,20+/m1/s1. The molecule has 0 aliphatic carbocycles. The molecule has 0 saturated carbocycles. The Morgan fingerprint density at radius 2 is 1.68 bits per heavy atom. The number of likely N-dealkylation sites (tertiary alicyclic amines) is 1. The fourth-order valence-corrected chi connectivity index (χ4v) is 4.36. The minimum Gasteiger partial charge on any atom is -0.280 e. The molecule has 5 nitrogen and oxygen atoms in total. The number of hydrogen-bond donors (Lipinski definition) is 0. The molecule has 0 aromatic heterocycles. The number of nitrogens with zero attached hydrogens (tertiary/aromatic N) is 2. The zero-order valence-corrected chi connectivity index (χ0v) is 17.1. The van der Waals surface area contributed by atoms with Crippen LogP contribution in [-0.4, -0.2) is 35.6 Å². The number of imide groups is 1. The van der Waals surface area contributed by atoms with Crippen LogP contribution < -0.4 is 5.06 Å². The quantitative estimate of drug-likeness (QED) is 0.567. The van der Waals surface area contributed by atoms with Gasteiger partial charge in [0.1, 0.15) is 5.92 Å². The van der Waals surface area contributed by atoms with Crippen LogP contribution in [-0.2, 0) is 14.4 Å². The highest BCUT2D eigenvalue weighted by Crippen LogP contribution is 2.46. The zero-order chi connectivity index (χ0) is 19.8. The number of carbonyl (C=O) groups is 2. The Bertz CT molecular complexity index is 869. The first-order valence-corrected chi connectivity index (χ1v) is 10.7. The van der Waals surface area contributed by atoms with Crippen molar-refractivity contribution in [3.8, 4) is 0 Å². The Balaban J connectivity index is 1.74. The molecule has 4 rings (SSSR count). The average Bonchev–Trinajstić information content (AvgIpc) is 3.21. The maximum Gasteiger partial charge on any atom is 0.262 e. The molecule has 2 fully saturated rings. The predicted octanol–water partition coefficient (Wildman–Crippen LogP) is 3.91. The van der Waals surface area contributed by atoms with Gasteiger partial charge < -0.3 is 0 Å². The van der Waals surface area contributed by atoms with Crippen molar-refractivity contribution < 1.29 is 14.4 Å². The Morgan fingerprint density at radius 1 is 1.00 bits per heavy atom. The van der Waals surface area contributed by atoms with E-state index in [2.05, 4.69) is 0 Å². The molecule has 2 aliphatic rings. The Labute approximate surface area is 169 Å². The number of rotatable bonds is 5. The minimum absolute atomic E-state index is 0.138. The van der Waals surface area contributed by atoms with Crippen LogP contribution in [0.3, 0.4) is 0 Å². The summed E-state index contributed by atoms with van der Waals surface area (Å²) in [7, 11) is 0. The summed E-state index contributed by atoms with van der Waals surface area (Å²) >= 11 is 1.67. The average molecular weight is 397 g/mol. The van der Waals surface area contributed by atoms with Crippen molar-refractivity contribution >= 4 is 29.3 Å². The molecule has 0 unspecified atom stereocenters. The Kier molecular flexibility index (Phi) is 5.17. The largest absolute Gasteiger partial charge is 0.280 e. The first kappa shape index (κ1) is 19.0. The smallest absolute Gasteiger partial charge is 0.262 e. The van der Waals surface area contributed by atoms with Gasteiger partial charge in [0.05, 0.1) is 11.7 Å². The third kappa shape index (κ3) is 3.20. The normalized spacial score (nSPS) is 24.4. The third-order valence-electron chi connectivity index (χ3n) is 5.22. The third-order valence-corrected chi connectivity index (χ3v) is 5.97. The van der Waals surface area contributed by atoms with Gasteiger partial charge in [-0.3, -0.25) is 19.3 Å². The number of thioether (sulfide) groups is 1. The molecule has 2 aromatic rings. The summed E-state index contributed by atoms with van der Waals surface area (Å²) in [5.41, 5.74) is 1.81. The molecular weight excluding hydrogens is 372 g/mol. The summed E-state index contributed by atoms with van der Waals surface area (Å²) in [4.78, 5) is 34.8. The van der Waals surface area contributed by atoms with Gasteiger partial charge in [-0.25, -0.2) is 5.06 Å². The number of carbonyl (C=O) groups excluding carboxylic acids is 2. The maximum absolute atomic E-state index is 13.2. The van der Waals surface area contributed by atoms with E-state index in [0.717, 1.165) is 16.1 Å². The van der Waals surface area contributed by atoms with Gasteiger partial charge >= 0.3 is 0 Å². The van der Waals surface area contributed by atoms with E-state index in [-0.39, 0.29) is 23.8 Å². The van der Waals surface area contributed by atoms with Gasteiger partial charge in [-0.1, -0.05) is 44.2 Å². The van der Waals surface area contributed by atoms with Crippen LogP contribution in [0.5, 0.6) is 0 Å². The van der Waals surface area contributed by atoms with E-state index < -0.39 is 12.0 Å². The first-order valence-electron chi connectivity index (χ1n) is 9.51. The molecule has 2 aliphatic heterocycles. The van der Waals surface area contributed by atoms with Crippen molar-refractivity contribution in [2.75, 3.05) is 17.9 Å². The summed E-state index contributed by atoms with van der Waals surface area (Å²) in [5.74, 6) is -0.684. The summed E-state index contributed by atoms with van der Waals surface area (Å²) < 4.78 is 0. The highest BCUT2D eigenvalue weighted by Gasteiger charge is 2.59. The van der Waals surface area contributed by atoms with E-state index in [0.29, 0.717) is 6.54 Å². The van der Waals surface area contributed by atoms with Crippen molar-refractivity contribution in [2.45, 2.75) is 30.9 Å². The number of hydrogen-bond acceptors (Lipinski definition) is 5. The molecule has 0 radical (unpaired) electrons. The summed E-state index contributed by atoms with van der Waals surface area (Å²) in [6.45, 7) is 4.44. The molecule has 2 aromatic carbocycles. The lowest BCUT2D eigenvalue weighted by molar-refractivity contribution is -0.143. The van der Waals surface area contributed by atoms with Crippen molar-refractivity contribution in [3.05, 3.63) is 60.2 Å². The van der Waals surface area contributed by atoms with E-state index in [1.54, 1.807) is 16.8 Å². The molecule has 3 atom stereocenters. The summed E-state index contributed by atoms with van der Waals surface area (Å²) in [6.07, 6.45) is 1.26. The van der Waals surface area contributed by atoms with Crippen molar-refractivity contribution in [2.24, 2.45) is 11.8 Å². The molecule has 0 N–H and O–H groups in total. The van der Waals surface area contributed by atoms with Crippen LogP contribution in [0.1, 0.15) is 25.5 Å². The lowest BCUT2D eigenvalue weighted by atomic mass is 9.90. The Hall–Kier alpha value is -2.31. The van der Waals surface area contributed by atoms with E-state index in [9.17, 15) is 9.59 Å². The number of hydroxylamine groups is 1. The van der Waals surface area contributed by atoms with Crippen molar-refractivity contribution in [1.82, 2.24) is 4.90 Å². The summed E-state index contributed by atoms with van der Waals surface area (Å²) in [5, 5.41) is 1.74. The SMILES string of the molecule is CSc1ccc([C@@H]2[C@H]3C(=O)N(CC(C)C)C(=O)[C@H]3ON2c2ccccc2)cc1. The van der Waals surface area contributed by atoms with Crippen LogP contribution in [0.15, 0.2) is 59.5 Å². The Morgan fingerprint density at radius 3 is 2.29 bits per heavy atom. The van der Waals surface area contributed by atoms with Crippen LogP contribution in [0.25, 0.3) is 0 Å². The van der Waals surface area contributed by atoms with Gasteiger partial charge in [-0.2, -0.15) is 0 Å². The van der Waals surface area contributed by atoms with Gasteiger partial charge in [0, 0.05) is 11.4 Å². The number of anilines is 1. The highest BCUT2D eigenvalue weighted by molar-refractivity contribution is 7.98. The summed E-state index contributed by atoms with van der Waals surface area (Å²) in [6, 6.07) is 17.5. The lowest BCUT2D eigenvalue weighted by Gasteiger charge is -2.29. The zero-order valence-electron chi connectivity index (χ0n) is 16.2. The van der Waals surface area contributed by atoms with Gasteiger partial charge in [-0.05, 0) is 42.0 Å². The predicted molar refractivity (Wildman–Crippen MR) is 110 cm³/mol. The second-order valence-electron chi connectivity index (χ2n) is 7.61. The fraction of sp³-hybridized carbons (Fsp3) is 0.364. The van der Waals surface area contributed by atoms with Gasteiger partial charge in [0.25, 0.3) is 5.91 Å². The molecule has 28 heavy (non-hydrogen) atoms. The van der Waals surface area contributed by atoms with E-state index >= 15 is 0 Å². The van der Waals surface area contributed by atoms with Crippen molar-refractivity contribution in [3.63, 3.8) is 0 Å². The minimum atomic E-state index is -0.767. The van der Waals surface area contributed by atoms with Gasteiger partial charge in [-0.15, -0.1) is 11.8 Å². The van der Waals surface area contributed by atoms with Gasteiger partial charge in [0.15, 0.2) is 6.10 Å². The lowest BCUT2D eigenvalue weighted by Crippen LogP contribution is -2.39. The highest BCUT2D eigenvalue weighted by atomic mass is 32.2. The molecule has 0 bridgehead atoms.